The molecule has 0 aliphatic heterocycles. The van der Waals surface area contributed by atoms with Gasteiger partial charge in [0.1, 0.15) is 0 Å². The Morgan fingerprint density at radius 1 is 1.00 bits per heavy atom. The Balaban J connectivity index is 2.98. The zero-order valence-electron chi connectivity index (χ0n) is 4.81. The number of hydrogen-bond donors (Lipinski definition) is 0. The molecule has 0 unspecified atom stereocenters. The minimum Gasteiger partial charge on any atom is -0.0871 e. The first-order valence-corrected chi connectivity index (χ1v) is 3.55. The third-order valence-corrected chi connectivity index (χ3v) is 1.58. The molecule has 0 amide bonds. The van der Waals surface area contributed by atoms with Crippen molar-refractivity contribution < 1.29 is 0 Å². The van der Waals surface area contributed by atoms with E-state index in [4.69, 9.17) is 0 Å². The van der Waals surface area contributed by atoms with E-state index in [1.807, 2.05) is 13.8 Å². The standard InChI is InChI=1S/C6H11P/c1-3-5-7-6-4-2/h3-7H,1-2H3. The Kier molecular flexibility index (Phi) is 5.83. The third kappa shape index (κ3) is 5.91. The van der Waals surface area contributed by atoms with E-state index in [0.717, 1.165) is 8.58 Å². The first kappa shape index (κ1) is 6.91. The maximum absolute atomic E-state index is 2.15. The molecule has 0 spiro atoms. The van der Waals surface area contributed by atoms with Gasteiger partial charge >= 0.3 is 0 Å². The van der Waals surface area contributed by atoms with Crippen LogP contribution in [0.25, 0.3) is 0 Å². The summed E-state index contributed by atoms with van der Waals surface area (Å²) in [4.78, 5) is 0. The summed E-state index contributed by atoms with van der Waals surface area (Å²) in [6, 6.07) is 0. The van der Waals surface area contributed by atoms with Crippen LogP contribution in [0.2, 0.25) is 0 Å². The van der Waals surface area contributed by atoms with E-state index in [1.165, 1.54) is 0 Å². The van der Waals surface area contributed by atoms with Crippen LogP contribution in [0.3, 0.4) is 0 Å². The topological polar surface area (TPSA) is 0 Å². The average molecular weight is 114 g/mol. The molecule has 0 atom stereocenters. The van der Waals surface area contributed by atoms with Gasteiger partial charge in [0.2, 0.25) is 0 Å². The zero-order chi connectivity index (χ0) is 5.54. The first-order valence-electron chi connectivity index (χ1n) is 2.40. The summed E-state index contributed by atoms with van der Waals surface area (Å²) in [6.45, 7) is 4.08. The van der Waals surface area contributed by atoms with Crippen molar-refractivity contribution in [3.63, 3.8) is 0 Å². The Labute approximate surface area is 47.1 Å². The molecule has 0 saturated heterocycles. The highest BCUT2D eigenvalue weighted by Gasteiger charge is 1.60. The van der Waals surface area contributed by atoms with Crippen LogP contribution >= 0.6 is 8.58 Å². The molecule has 0 fully saturated rings. The van der Waals surface area contributed by atoms with Crippen LogP contribution in [0.5, 0.6) is 0 Å². The molecule has 0 heterocycles. The fourth-order valence-corrected chi connectivity index (χ4v) is 0.744. The minimum atomic E-state index is 0.871. The van der Waals surface area contributed by atoms with Gasteiger partial charge in [-0.15, -0.1) is 0 Å². The molecule has 0 saturated carbocycles. The monoisotopic (exact) mass is 114 g/mol. The van der Waals surface area contributed by atoms with E-state index in [0.29, 0.717) is 0 Å². The van der Waals surface area contributed by atoms with E-state index in [1.54, 1.807) is 0 Å². The van der Waals surface area contributed by atoms with E-state index < -0.39 is 0 Å². The zero-order valence-corrected chi connectivity index (χ0v) is 5.81. The van der Waals surface area contributed by atoms with Crippen LogP contribution in [-0.2, 0) is 0 Å². The molecule has 0 aromatic heterocycles. The smallest absolute Gasteiger partial charge is 0.0466 e. The highest BCUT2D eigenvalue weighted by atomic mass is 31.1. The maximum atomic E-state index is 2.15. The Morgan fingerprint density at radius 3 is 1.71 bits per heavy atom. The molecule has 7 heavy (non-hydrogen) atoms. The predicted octanol–water partition coefficient (Wildman–Crippen LogP) is 2.73. The highest BCUT2D eigenvalue weighted by molar-refractivity contribution is 7.45. The van der Waals surface area contributed by atoms with Crippen molar-refractivity contribution in [1.29, 1.82) is 0 Å². The van der Waals surface area contributed by atoms with Gasteiger partial charge in [-0.05, 0) is 13.8 Å². The SMILES string of the molecule is CC=CPC=CC. The Bertz CT molecular complexity index is 62.2. The molecule has 1 heteroatoms. The molecular formula is C6H11P. The summed E-state index contributed by atoms with van der Waals surface area (Å²) in [7, 11) is 0.871. The van der Waals surface area contributed by atoms with Gasteiger partial charge in [0, 0.05) is 0 Å². The molecule has 0 nitrogen and oxygen atoms in total. The molecule has 0 aliphatic carbocycles. The number of hydrogen-bond acceptors (Lipinski definition) is 0. The second kappa shape index (κ2) is 5.91. The summed E-state index contributed by atoms with van der Waals surface area (Å²) in [5.74, 6) is 4.31. The summed E-state index contributed by atoms with van der Waals surface area (Å²) < 4.78 is 0. The van der Waals surface area contributed by atoms with Gasteiger partial charge < -0.3 is 0 Å². The van der Waals surface area contributed by atoms with Crippen molar-refractivity contribution in [3.05, 3.63) is 23.8 Å². The summed E-state index contributed by atoms with van der Waals surface area (Å²) in [5, 5.41) is 0. The highest BCUT2D eigenvalue weighted by Crippen LogP contribution is 2.11. The fraction of sp³-hybridized carbons (Fsp3) is 0.333. The lowest BCUT2D eigenvalue weighted by Gasteiger charge is -1.74. The first-order chi connectivity index (χ1) is 3.41. The van der Waals surface area contributed by atoms with Crippen molar-refractivity contribution in [3.8, 4) is 0 Å². The van der Waals surface area contributed by atoms with Crippen LogP contribution in [-0.4, -0.2) is 0 Å². The molecular weight excluding hydrogens is 103 g/mol. The van der Waals surface area contributed by atoms with E-state index >= 15 is 0 Å². The van der Waals surface area contributed by atoms with Crippen molar-refractivity contribution in [2.75, 3.05) is 0 Å². The van der Waals surface area contributed by atoms with E-state index in [-0.39, 0.29) is 0 Å². The quantitative estimate of drug-likeness (QED) is 0.484. The molecule has 0 bridgehead atoms. The number of rotatable bonds is 2. The molecule has 0 aliphatic rings. The van der Waals surface area contributed by atoms with Crippen LogP contribution < -0.4 is 0 Å². The van der Waals surface area contributed by atoms with Crippen molar-refractivity contribution in [2.45, 2.75) is 13.8 Å². The lowest BCUT2D eigenvalue weighted by Crippen LogP contribution is -1.35. The van der Waals surface area contributed by atoms with Gasteiger partial charge in [0.05, 0.1) is 0 Å². The Morgan fingerprint density at radius 2 is 1.43 bits per heavy atom. The molecule has 0 rings (SSSR count). The molecule has 0 aromatic carbocycles. The molecule has 0 aromatic rings. The fourth-order valence-electron chi connectivity index (χ4n) is 0.248. The van der Waals surface area contributed by atoms with Crippen LogP contribution in [0.1, 0.15) is 13.8 Å². The van der Waals surface area contributed by atoms with Crippen molar-refractivity contribution in [2.24, 2.45) is 0 Å². The summed E-state index contributed by atoms with van der Waals surface area (Å²) >= 11 is 0. The van der Waals surface area contributed by atoms with Crippen LogP contribution in [0.4, 0.5) is 0 Å². The molecule has 40 valence electrons. The number of allylic oxidation sites excluding steroid dienone is 2. The summed E-state index contributed by atoms with van der Waals surface area (Å²) in [6.07, 6.45) is 4.14. The van der Waals surface area contributed by atoms with Crippen molar-refractivity contribution in [1.82, 2.24) is 0 Å². The lowest BCUT2D eigenvalue weighted by atomic mass is 10.8. The van der Waals surface area contributed by atoms with Crippen molar-refractivity contribution >= 4 is 8.58 Å². The van der Waals surface area contributed by atoms with Gasteiger partial charge in [-0.1, -0.05) is 32.4 Å². The molecule has 0 N–H and O–H groups in total. The van der Waals surface area contributed by atoms with Crippen LogP contribution in [0.15, 0.2) is 23.8 Å². The second-order valence-electron chi connectivity index (χ2n) is 1.17. The van der Waals surface area contributed by atoms with Gasteiger partial charge in [-0.3, -0.25) is 0 Å². The minimum absolute atomic E-state index is 0.871. The van der Waals surface area contributed by atoms with E-state index in [9.17, 15) is 0 Å². The normalized spacial score (nSPS) is 13.4. The third-order valence-electron chi connectivity index (χ3n) is 0.526. The van der Waals surface area contributed by atoms with E-state index in [2.05, 4.69) is 23.8 Å². The maximum Gasteiger partial charge on any atom is -0.0466 e. The average Bonchev–Trinajstić information content (AvgIpc) is 1.69. The van der Waals surface area contributed by atoms with Gasteiger partial charge in [-0.2, -0.15) is 0 Å². The summed E-state index contributed by atoms with van der Waals surface area (Å²) in [5.41, 5.74) is 0. The van der Waals surface area contributed by atoms with Gasteiger partial charge in [-0.25, -0.2) is 0 Å². The van der Waals surface area contributed by atoms with Gasteiger partial charge in [0.25, 0.3) is 0 Å². The second-order valence-corrected chi connectivity index (χ2v) is 2.17. The largest absolute Gasteiger partial charge is 0.0871 e. The predicted molar refractivity (Wildman–Crippen MR) is 37.9 cm³/mol. The van der Waals surface area contributed by atoms with Crippen LogP contribution in [0, 0.1) is 0 Å². The molecule has 0 radical (unpaired) electrons. The van der Waals surface area contributed by atoms with Gasteiger partial charge in [0.15, 0.2) is 0 Å². The Hall–Kier alpha value is -0.0900. The lowest BCUT2D eigenvalue weighted by molar-refractivity contribution is 1.77.